The fourth-order valence-electron chi connectivity index (χ4n) is 2.53. The molecule has 0 saturated carbocycles. The lowest BCUT2D eigenvalue weighted by Crippen LogP contribution is -2.47. The summed E-state index contributed by atoms with van der Waals surface area (Å²) in [6.45, 7) is 4.73. The summed E-state index contributed by atoms with van der Waals surface area (Å²) in [5, 5.41) is 0. The molecule has 0 aromatic heterocycles. The number of amides is 1. The van der Waals surface area contributed by atoms with Gasteiger partial charge in [-0.05, 0) is 19.2 Å². The van der Waals surface area contributed by atoms with Crippen LogP contribution < -0.4 is 0 Å². The van der Waals surface area contributed by atoms with Crippen LogP contribution >= 0.6 is 0 Å². The average Bonchev–Trinajstić information content (AvgIpc) is 3.02. The van der Waals surface area contributed by atoms with Gasteiger partial charge in [-0.1, -0.05) is 12.1 Å². The van der Waals surface area contributed by atoms with E-state index in [0.29, 0.717) is 13.2 Å². The van der Waals surface area contributed by atoms with Crippen molar-refractivity contribution in [1.29, 1.82) is 0 Å². The van der Waals surface area contributed by atoms with Crippen molar-refractivity contribution in [3.63, 3.8) is 0 Å². The first-order chi connectivity index (χ1) is 9.74. The van der Waals surface area contributed by atoms with Crippen LogP contribution in [0.2, 0.25) is 0 Å². The molecule has 0 aliphatic carbocycles. The van der Waals surface area contributed by atoms with Crippen molar-refractivity contribution in [1.82, 2.24) is 9.80 Å². The molecule has 2 aliphatic heterocycles. The van der Waals surface area contributed by atoms with Crippen LogP contribution in [0.3, 0.4) is 0 Å². The number of rotatable bonds is 2. The van der Waals surface area contributed by atoms with Crippen LogP contribution in [0.1, 0.15) is 22.2 Å². The van der Waals surface area contributed by atoms with Gasteiger partial charge in [-0.25, -0.2) is 0 Å². The Morgan fingerprint density at radius 3 is 2.25 bits per heavy atom. The second-order valence-electron chi connectivity index (χ2n) is 5.29. The second kappa shape index (κ2) is 5.91. The third-order valence-corrected chi connectivity index (χ3v) is 3.84. The van der Waals surface area contributed by atoms with Crippen molar-refractivity contribution in [2.75, 3.05) is 46.4 Å². The largest absolute Gasteiger partial charge is 0.346 e. The van der Waals surface area contributed by atoms with E-state index >= 15 is 0 Å². The highest BCUT2D eigenvalue weighted by molar-refractivity contribution is 5.94. The molecule has 0 spiro atoms. The number of carbonyl (C=O) groups is 1. The molecule has 0 N–H and O–H groups in total. The van der Waals surface area contributed by atoms with Crippen LogP contribution in [0.4, 0.5) is 0 Å². The predicted molar refractivity (Wildman–Crippen MR) is 74.5 cm³/mol. The first-order valence-electron chi connectivity index (χ1n) is 7.05. The van der Waals surface area contributed by atoms with E-state index in [0.717, 1.165) is 37.3 Å². The molecule has 2 aliphatic rings. The van der Waals surface area contributed by atoms with Gasteiger partial charge in [0, 0.05) is 37.3 Å². The number of benzene rings is 1. The van der Waals surface area contributed by atoms with E-state index in [1.807, 2.05) is 29.2 Å². The van der Waals surface area contributed by atoms with Crippen LogP contribution in [-0.4, -0.2) is 62.1 Å². The van der Waals surface area contributed by atoms with E-state index in [1.54, 1.807) is 0 Å². The molecular weight excluding hydrogens is 256 g/mol. The van der Waals surface area contributed by atoms with Gasteiger partial charge >= 0.3 is 0 Å². The lowest BCUT2D eigenvalue weighted by Gasteiger charge is -2.32. The third kappa shape index (κ3) is 2.85. The molecular formula is C15H20N2O3. The van der Waals surface area contributed by atoms with Crippen LogP contribution in [0.15, 0.2) is 24.3 Å². The number of carbonyl (C=O) groups excluding carboxylic acids is 1. The standard InChI is InChI=1S/C15H20N2O3/c1-16-6-8-17(9-7-16)14(18)12-2-4-13(5-3-12)15-19-10-11-20-15/h2-5,15H,6-11H2,1H3. The number of hydrogen-bond acceptors (Lipinski definition) is 4. The highest BCUT2D eigenvalue weighted by atomic mass is 16.7. The smallest absolute Gasteiger partial charge is 0.253 e. The molecule has 20 heavy (non-hydrogen) atoms. The van der Waals surface area contributed by atoms with E-state index in [9.17, 15) is 4.79 Å². The molecule has 0 unspecified atom stereocenters. The van der Waals surface area contributed by atoms with E-state index in [4.69, 9.17) is 9.47 Å². The van der Waals surface area contributed by atoms with Crippen molar-refractivity contribution < 1.29 is 14.3 Å². The summed E-state index contributed by atoms with van der Waals surface area (Å²) in [6.07, 6.45) is -0.275. The number of ether oxygens (including phenoxy) is 2. The second-order valence-corrected chi connectivity index (χ2v) is 5.29. The third-order valence-electron chi connectivity index (χ3n) is 3.84. The van der Waals surface area contributed by atoms with Crippen molar-refractivity contribution in [2.24, 2.45) is 0 Å². The summed E-state index contributed by atoms with van der Waals surface area (Å²) in [7, 11) is 2.08. The van der Waals surface area contributed by atoms with Gasteiger partial charge in [-0.3, -0.25) is 4.79 Å². The van der Waals surface area contributed by atoms with Gasteiger partial charge in [0.15, 0.2) is 6.29 Å². The zero-order valence-electron chi connectivity index (χ0n) is 11.7. The summed E-state index contributed by atoms with van der Waals surface area (Å²) < 4.78 is 10.9. The first kappa shape index (κ1) is 13.5. The minimum atomic E-state index is -0.275. The minimum Gasteiger partial charge on any atom is -0.346 e. The summed E-state index contributed by atoms with van der Waals surface area (Å²) in [5.41, 5.74) is 1.70. The van der Waals surface area contributed by atoms with Crippen LogP contribution in [0, 0.1) is 0 Å². The van der Waals surface area contributed by atoms with Crippen LogP contribution in [-0.2, 0) is 9.47 Å². The maximum Gasteiger partial charge on any atom is 0.253 e. The Morgan fingerprint density at radius 2 is 1.65 bits per heavy atom. The normalized spacial score (nSPS) is 21.4. The molecule has 2 fully saturated rings. The summed E-state index contributed by atoms with van der Waals surface area (Å²) in [5.74, 6) is 0.109. The average molecular weight is 276 g/mol. The SMILES string of the molecule is CN1CCN(C(=O)c2ccc(C3OCCO3)cc2)CC1. The number of nitrogens with zero attached hydrogens (tertiary/aromatic N) is 2. The Labute approximate surface area is 119 Å². The zero-order valence-corrected chi connectivity index (χ0v) is 11.7. The lowest BCUT2D eigenvalue weighted by atomic mass is 10.1. The molecule has 0 atom stereocenters. The Balaban J connectivity index is 1.66. The maximum absolute atomic E-state index is 12.4. The van der Waals surface area contributed by atoms with Gasteiger partial charge < -0.3 is 19.3 Å². The van der Waals surface area contributed by atoms with E-state index < -0.39 is 0 Å². The molecule has 1 aromatic carbocycles. The molecule has 2 saturated heterocycles. The molecule has 0 bridgehead atoms. The van der Waals surface area contributed by atoms with Gasteiger partial charge in [0.05, 0.1) is 13.2 Å². The minimum absolute atomic E-state index is 0.109. The highest BCUT2D eigenvalue weighted by Gasteiger charge is 2.22. The van der Waals surface area contributed by atoms with E-state index in [1.165, 1.54) is 0 Å². The number of piperazine rings is 1. The topological polar surface area (TPSA) is 42.0 Å². The highest BCUT2D eigenvalue weighted by Crippen LogP contribution is 2.23. The molecule has 1 aromatic rings. The summed E-state index contributed by atoms with van der Waals surface area (Å²) in [6, 6.07) is 7.56. The van der Waals surface area contributed by atoms with Crippen molar-refractivity contribution in [3.05, 3.63) is 35.4 Å². The molecule has 2 heterocycles. The van der Waals surface area contributed by atoms with Gasteiger partial charge in [-0.2, -0.15) is 0 Å². The van der Waals surface area contributed by atoms with Crippen molar-refractivity contribution >= 4 is 5.91 Å². The summed E-state index contributed by atoms with van der Waals surface area (Å²) in [4.78, 5) is 16.5. The van der Waals surface area contributed by atoms with E-state index in [2.05, 4.69) is 11.9 Å². The molecule has 5 heteroatoms. The quantitative estimate of drug-likeness (QED) is 0.812. The molecule has 5 nitrogen and oxygen atoms in total. The Kier molecular flexibility index (Phi) is 4.00. The molecule has 0 radical (unpaired) electrons. The predicted octanol–water partition coefficient (Wildman–Crippen LogP) is 1.12. The zero-order chi connectivity index (χ0) is 13.9. The van der Waals surface area contributed by atoms with Crippen LogP contribution in [0.25, 0.3) is 0 Å². The van der Waals surface area contributed by atoms with Crippen molar-refractivity contribution in [3.8, 4) is 0 Å². The first-order valence-corrected chi connectivity index (χ1v) is 7.05. The maximum atomic E-state index is 12.4. The van der Waals surface area contributed by atoms with Gasteiger partial charge in [0.25, 0.3) is 5.91 Å². The number of likely N-dealkylation sites (N-methyl/N-ethyl adjacent to an activating group) is 1. The monoisotopic (exact) mass is 276 g/mol. The lowest BCUT2D eigenvalue weighted by molar-refractivity contribution is -0.0441. The van der Waals surface area contributed by atoms with E-state index in [-0.39, 0.29) is 12.2 Å². The molecule has 1 amide bonds. The van der Waals surface area contributed by atoms with Gasteiger partial charge in [0.1, 0.15) is 0 Å². The molecule has 108 valence electrons. The van der Waals surface area contributed by atoms with Gasteiger partial charge in [0.2, 0.25) is 0 Å². The Bertz CT molecular complexity index is 461. The fraction of sp³-hybridized carbons (Fsp3) is 0.533. The number of hydrogen-bond donors (Lipinski definition) is 0. The van der Waals surface area contributed by atoms with Crippen LogP contribution in [0.5, 0.6) is 0 Å². The van der Waals surface area contributed by atoms with Crippen molar-refractivity contribution in [2.45, 2.75) is 6.29 Å². The summed E-state index contributed by atoms with van der Waals surface area (Å²) >= 11 is 0. The Morgan fingerprint density at radius 1 is 1.05 bits per heavy atom. The fourth-order valence-corrected chi connectivity index (χ4v) is 2.53. The van der Waals surface area contributed by atoms with Gasteiger partial charge in [-0.15, -0.1) is 0 Å². The Hall–Kier alpha value is -1.43. The molecule has 3 rings (SSSR count).